The lowest BCUT2D eigenvalue weighted by Crippen LogP contribution is -2.48. The third kappa shape index (κ3) is 5.14. The van der Waals surface area contributed by atoms with Crippen LogP contribution in [-0.2, 0) is 24.3 Å². The lowest BCUT2D eigenvalue weighted by Gasteiger charge is -2.37. The van der Waals surface area contributed by atoms with Crippen LogP contribution in [0.25, 0.3) is 0 Å². The molecule has 0 saturated carbocycles. The van der Waals surface area contributed by atoms with Gasteiger partial charge >= 0.3 is 0 Å². The molecule has 0 aliphatic carbocycles. The van der Waals surface area contributed by atoms with Crippen molar-refractivity contribution in [2.24, 2.45) is 5.92 Å². The maximum absolute atomic E-state index is 12.3. The number of likely N-dealkylation sites (tertiary alicyclic amines) is 1. The van der Waals surface area contributed by atoms with E-state index in [-0.39, 0.29) is 24.8 Å². The summed E-state index contributed by atoms with van der Waals surface area (Å²) in [5.41, 5.74) is 0. The second kappa shape index (κ2) is 7.46. The van der Waals surface area contributed by atoms with E-state index in [2.05, 4.69) is 0 Å². The van der Waals surface area contributed by atoms with Gasteiger partial charge in [0.25, 0.3) is 0 Å². The van der Waals surface area contributed by atoms with Crippen LogP contribution in [0, 0.1) is 5.92 Å². The number of piperidine rings is 1. The number of ether oxygens (including phenoxy) is 2. The van der Waals surface area contributed by atoms with Crippen molar-refractivity contribution in [2.45, 2.75) is 38.9 Å². The first-order valence-corrected chi connectivity index (χ1v) is 10.1. The van der Waals surface area contributed by atoms with Crippen LogP contribution in [0.15, 0.2) is 0 Å². The Morgan fingerprint density at radius 2 is 1.78 bits per heavy atom. The number of sulfonamides is 1. The normalized spacial score (nSPS) is 21.5. The molecule has 0 radical (unpaired) electrons. The Balaban J connectivity index is 1.82. The Hall–Kier alpha value is -0.700. The highest BCUT2D eigenvalue weighted by Crippen LogP contribution is 2.31. The van der Waals surface area contributed by atoms with E-state index in [1.807, 2.05) is 13.8 Å². The molecule has 2 saturated heterocycles. The first-order chi connectivity index (χ1) is 10.7. The van der Waals surface area contributed by atoms with Gasteiger partial charge in [-0.1, -0.05) is 13.8 Å². The molecule has 1 amide bonds. The van der Waals surface area contributed by atoms with Gasteiger partial charge in [-0.25, -0.2) is 12.7 Å². The maximum atomic E-state index is 12.3. The summed E-state index contributed by atoms with van der Waals surface area (Å²) in [6.45, 7) is 7.04. The molecule has 2 fully saturated rings. The monoisotopic (exact) mass is 348 g/mol. The number of hydrogen-bond donors (Lipinski definition) is 0. The average Bonchev–Trinajstić information content (AvgIpc) is 2.90. The minimum absolute atomic E-state index is 0.00440. The zero-order valence-electron chi connectivity index (χ0n) is 14.3. The van der Waals surface area contributed by atoms with E-state index in [0.717, 1.165) is 0 Å². The topological polar surface area (TPSA) is 76.2 Å². The molecule has 2 aliphatic heterocycles. The molecule has 0 atom stereocenters. The van der Waals surface area contributed by atoms with Crippen molar-refractivity contribution in [2.75, 3.05) is 45.6 Å². The summed E-state index contributed by atoms with van der Waals surface area (Å²) in [6.07, 6.45) is 2.77. The summed E-state index contributed by atoms with van der Waals surface area (Å²) >= 11 is 0. The van der Waals surface area contributed by atoms with Crippen molar-refractivity contribution in [3.8, 4) is 0 Å². The fraction of sp³-hybridized carbons (Fsp3) is 0.933. The molecule has 0 bridgehead atoms. The van der Waals surface area contributed by atoms with Gasteiger partial charge in [-0.05, 0) is 5.92 Å². The molecule has 0 unspecified atom stereocenters. The molecule has 2 aliphatic rings. The SMILES string of the molecule is CC(C)CN(CCC(=O)N1CCC2(CC1)OCCO2)S(C)(=O)=O. The van der Waals surface area contributed by atoms with E-state index in [4.69, 9.17) is 9.47 Å². The number of hydrogen-bond acceptors (Lipinski definition) is 5. The van der Waals surface area contributed by atoms with Gasteiger partial charge in [0.2, 0.25) is 15.9 Å². The number of carbonyl (C=O) groups is 1. The highest BCUT2D eigenvalue weighted by atomic mass is 32.2. The van der Waals surface area contributed by atoms with E-state index < -0.39 is 15.8 Å². The summed E-state index contributed by atoms with van der Waals surface area (Å²) in [7, 11) is -3.28. The molecule has 0 aromatic heterocycles. The summed E-state index contributed by atoms with van der Waals surface area (Å²) in [6, 6.07) is 0. The number of carbonyl (C=O) groups excluding carboxylic acids is 1. The van der Waals surface area contributed by atoms with Crippen molar-refractivity contribution in [1.82, 2.24) is 9.21 Å². The molecule has 1 spiro atoms. The van der Waals surface area contributed by atoms with Crippen molar-refractivity contribution in [1.29, 1.82) is 0 Å². The summed E-state index contributed by atoms with van der Waals surface area (Å²) < 4.78 is 36.3. The molecule has 2 rings (SSSR count). The highest BCUT2D eigenvalue weighted by molar-refractivity contribution is 7.88. The van der Waals surface area contributed by atoms with Crippen LogP contribution in [0.5, 0.6) is 0 Å². The second-order valence-electron chi connectivity index (χ2n) is 6.75. The fourth-order valence-electron chi connectivity index (χ4n) is 3.06. The second-order valence-corrected chi connectivity index (χ2v) is 8.74. The Labute approximate surface area is 139 Å². The predicted octanol–water partition coefficient (Wildman–Crippen LogP) is 0.660. The van der Waals surface area contributed by atoms with Gasteiger partial charge in [-0.2, -0.15) is 0 Å². The molecule has 2 heterocycles. The number of rotatable bonds is 6. The van der Waals surface area contributed by atoms with Crippen molar-refractivity contribution < 1.29 is 22.7 Å². The molecule has 0 N–H and O–H groups in total. The van der Waals surface area contributed by atoms with E-state index in [1.165, 1.54) is 10.6 Å². The zero-order valence-corrected chi connectivity index (χ0v) is 15.1. The minimum Gasteiger partial charge on any atom is -0.347 e. The molecule has 0 aromatic rings. The van der Waals surface area contributed by atoms with Crippen molar-refractivity contribution in [3.05, 3.63) is 0 Å². The van der Waals surface area contributed by atoms with E-state index in [0.29, 0.717) is 45.7 Å². The van der Waals surface area contributed by atoms with Gasteiger partial charge in [0, 0.05) is 45.4 Å². The molecule has 134 valence electrons. The fourth-order valence-corrected chi connectivity index (χ4v) is 4.05. The van der Waals surface area contributed by atoms with Gasteiger partial charge in [0.1, 0.15) is 0 Å². The summed E-state index contributed by atoms with van der Waals surface area (Å²) in [5.74, 6) is -0.269. The van der Waals surface area contributed by atoms with Crippen LogP contribution in [0.2, 0.25) is 0 Å². The van der Waals surface area contributed by atoms with Gasteiger partial charge in [0.15, 0.2) is 5.79 Å². The molecule has 23 heavy (non-hydrogen) atoms. The quantitative estimate of drug-likeness (QED) is 0.705. The smallest absolute Gasteiger partial charge is 0.223 e. The van der Waals surface area contributed by atoms with Gasteiger partial charge in [0.05, 0.1) is 19.5 Å². The summed E-state index contributed by atoms with van der Waals surface area (Å²) in [4.78, 5) is 14.1. The van der Waals surface area contributed by atoms with Crippen LogP contribution >= 0.6 is 0 Å². The predicted molar refractivity (Wildman–Crippen MR) is 86.3 cm³/mol. The van der Waals surface area contributed by atoms with Gasteiger partial charge < -0.3 is 14.4 Å². The van der Waals surface area contributed by atoms with E-state index in [1.54, 1.807) is 4.90 Å². The van der Waals surface area contributed by atoms with Gasteiger partial charge in [-0.15, -0.1) is 0 Å². The lowest BCUT2D eigenvalue weighted by atomic mass is 10.0. The number of nitrogens with zero attached hydrogens (tertiary/aromatic N) is 2. The van der Waals surface area contributed by atoms with Crippen LogP contribution < -0.4 is 0 Å². The Bertz CT molecular complexity index is 504. The van der Waals surface area contributed by atoms with Crippen LogP contribution in [-0.4, -0.2) is 75.0 Å². The Kier molecular flexibility index (Phi) is 6.05. The van der Waals surface area contributed by atoms with Crippen molar-refractivity contribution in [3.63, 3.8) is 0 Å². The van der Waals surface area contributed by atoms with Crippen LogP contribution in [0.4, 0.5) is 0 Å². The van der Waals surface area contributed by atoms with E-state index >= 15 is 0 Å². The van der Waals surface area contributed by atoms with Gasteiger partial charge in [-0.3, -0.25) is 4.79 Å². The zero-order chi connectivity index (χ0) is 17.1. The average molecular weight is 348 g/mol. The first kappa shape index (κ1) is 18.6. The molecule has 7 nitrogen and oxygen atoms in total. The molecule has 0 aromatic carbocycles. The number of amides is 1. The third-order valence-electron chi connectivity index (χ3n) is 4.30. The Morgan fingerprint density at radius 1 is 1.22 bits per heavy atom. The maximum Gasteiger partial charge on any atom is 0.223 e. The molecule has 8 heteroatoms. The van der Waals surface area contributed by atoms with Crippen LogP contribution in [0.3, 0.4) is 0 Å². The molecular formula is C15H28N2O5S. The van der Waals surface area contributed by atoms with Crippen LogP contribution in [0.1, 0.15) is 33.1 Å². The minimum atomic E-state index is -3.28. The van der Waals surface area contributed by atoms with E-state index in [9.17, 15) is 13.2 Å². The summed E-state index contributed by atoms with van der Waals surface area (Å²) in [5, 5.41) is 0. The largest absolute Gasteiger partial charge is 0.347 e. The third-order valence-corrected chi connectivity index (χ3v) is 5.57. The molecular weight excluding hydrogens is 320 g/mol. The highest BCUT2D eigenvalue weighted by Gasteiger charge is 2.40. The standard InChI is InChI=1S/C15H28N2O5S/c1-13(2)12-17(23(3,19)20)7-4-14(18)16-8-5-15(6-9-16)21-10-11-22-15/h13H,4-12H2,1-3H3. The van der Waals surface area contributed by atoms with Crippen molar-refractivity contribution >= 4 is 15.9 Å². The lowest BCUT2D eigenvalue weighted by molar-refractivity contribution is -0.187. The first-order valence-electron chi connectivity index (χ1n) is 8.23. The Morgan fingerprint density at radius 3 is 2.26 bits per heavy atom.